The van der Waals surface area contributed by atoms with Crippen LogP contribution in [0.2, 0.25) is 5.02 Å². The summed E-state index contributed by atoms with van der Waals surface area (Å²) < 4.78 is 25.9. The Morgan fingerprint density at radius 1 is 1.13 bits per heavy atom. The van der Waals surface area contributed by atoms with Gasteiger partial charge in [0.25, 0.3) is 0 Å². The number of sulfone groups is 1. The van der Waals surface area contributed by atoms with Crippen LogP contribution in [-0.4, -0.2) is 13.8 Å². The molecule has 0 aromatic heterocycles. The number of nitrogens with one attached hydrogen (secondary N) is 1. The van der Waals surface area contributed by atoms with Crippen LogP contribution in [0.1, 0.15) is 31.4 Å². The number of anilines is 1. The largest absolute Gasteiger partial charge is 0.369 e. The summed E-state index contributed by atoms with van der Waals surface area (Å²) in [5, 5.41) is 3.21. The van der Waals surface area contributed by atoms with Crippen LogP contribution in [0.25, 0.3) is 0 Å². The molecule has 3 nitrogen and oxygen atoms in total. The first-order chi connectivity index (χ1) is 10.7. The molecule has 23 heavy (non-hydrogen) atoms. The average molecular weight is 350 g/mol. The molecule has 1 N–H and O–H groups in total. The maximum absolute atomic E-state index is 13.0. The van der Waals surface area contributed by atoms with Crippen LogP contribution in [0.3, 0.4) is 0 Å². The van der Waals surface area contributed by atoms with Crippen LogP contribution in [-0.2, 0) is 15.3 Å². The van der Waals surface area contributed by atoms with Gasteiger partial charge < -0.3 is 5.32 Å². The molecule has 0 aliphatic carbocycles. The summed E-state index contributed by atoms with van der Waals surface area (Å²) in [5.41, 5.74) is 2.67. The van der Waals surface area contributed by atoms with Crippen LogP contribution in [0.5, 0.6) is 0 Å². The molecular formula is C18H20ClNO2S. The van der Waals surface area contributed by atoms with E-state index in [1.165, 1.54) is 0 Å². The van der Waals surface area contributed by atoms with Crippen molar-refractivity contribution in [3.63, 3.8) is 0 Å². The molecule has 0 amide bonds. The number of aryl methyl sites for hydroxylation is 1. The van der Waals surface area contributed by atoms with Crippen molar-refractivity contribution in [2.75, 3.05) is 5.32 Å². The zero-order chi connectivity index (χ0) is 16.8. The second kappa shape index (κ2) is 5.53. The molecule has 3 rings (SSSR count). The van der Waals surface area contributed by atoms with Gasteiger partial charge in [-0.2, -0.15) is 0 Å². The monoisotopic (exact) mass is 349 g/mol. The fourth-order valence-electron chi connectivity index (χ4n) is 3.08. The maximum atomic E-state index is 13.0. The van der Waals surface area contributed by atoms with E-state index in [-0.39, 0.29) is 5.41 Å². The highest BCUT2D eigenvalue weighted by Crippen LogP contribution is 2.42. The third-order valence-electron chi connectivity index (χ3n) is 4.45. The minimum Gasteiger partial charge on any atom is -0.369 e. The van der Waals surface area contributed by atoms with E-state index in [2.05, 4.69) is 19.2 Å². The normalized spacial score (nSPS) is 19.7. The predicted octanol–water partition coefficient (Wildman–Crippen LogP) is 4.54. The molecule has 0 fully saturated rings. The molecule has 2 aromatic carbocycles. The Bertz CT molecular complexity index is 842. The fourth-order valence-corrected chi connectivity index (χ4v) is 5.01. The molecular weight excluding hydrogens is 330 g/mol. The molecule has 0 radical (unpaired) electrons. The Hall–Kier alpha value is -1.52. The number of halogens is 1. The van der Waals surface area contributed by atoms with E-state index < -0.39 is 15.2 Å². The summed E-state index contributed by atoms with van der Waals surface area (Å²) in [6, 6.07) is 12.6. The van der Waals surface area contributed by atoms with Gasteiger partial charge in [-0.25, -0.2) is 8.42 Å². The second-order valence-corrected chi connectivity index (χ2v) is 9.34. The quantitative estimate of drug-likeness (QED) is 0.865. The zero-order valence-corrected chi connectivity index (χ0v) is 15.0. The van der Waals surface area contributed by atoms with Crippen molar-refractivity contribution in [2.45, 2.75) is 42.9 Å². The Morgan fingerprint density at radius 2 is 1.78 bits per heavy atom. The highest BCUT2D eigenvalue weighted by molar-refractivity contribution is 7.92. The van der Waals surface area contributed by atoms with E-state index in [4.69, 9.17) is 11.6 Å². The van der Waals surface area contributed by atoms with Gasteiger partial charge in [0.1, 0.15) is 5.37 Å². The van der Waals surface area contributed by atoms with Gasteiger partial charge in [-0.15, -0.1) is 0 Å². The summed E-state index contributed by atoms with van der Waals surface area (Å²) in [7, 11) is -3.45. The predicted molar refractivity (Wildman–Crippen MR) is 94.9 cm³/mol. The average Bonchev–Trinajstić information content (AvgIpc) is 2.48. The highest BCUT2D eigenvalue weighted by atomic mass is 35.5. The number of fused-ring (bicyclic) bond motifs is 1. The fraction of sp³-hybridized carbons (Fsp3) is 0.333. The van der Waals surface area contributed by atoms with E-state index in [0.29, 0.717) is 16.3 Å². The molecule has 122 valence electrons. The first-order valence-corrected chi connectivity index (χ1v) is 9.50. The summed E-state index contributed by atoms with van der Waals surface area (Å²) in [5.74, 6) is 0. The first kappa shape index (κ1) is 16.3. The Kier molecular flexibility index (Phi) is 3.93. The van der Waals surface area contributed by atoms with Crippen molar-refractivity contribution in [1.29, 1.82) is 0 Å². The van der Waals surface area contributed by atoms with Crippen LogP contribution in [0.15, 0.2) is 47.4 Å². The Morgan fingerprint density at radius 3 is 2.43 bits per heavy atom. The molecule has 1 aliphatic heterocycles. The Balaban J connectivity index is 2.02. The van der Waals surface area contributed by atoms with Gasteiger partial charge in [0.2, 0.25) is 0 Å². The number of benzene rings is 2. The van der Waals surface area contributed by atoms with Crippen LogP contribution in [0.4, 0.5) is 5.69 Å². The smallest absolute Gasteiger partial charge is 0.199 e. The number of rotatable bonds is 2. The van der Waals surface area contributed by atoms with Crippen molar-refractivity contribution in [1.82, 2.24) is 0 Å². The molecule has 1 aliphatic rings. The summed E-state index contributed by atoms with van der Waals surface area (Å²) in [6.07, 6.45) is 0.497. The van der Waals surface area contributed by atoms with Crippen molar-refractivity contribution in [2.24, 2.45) is 0 Å². The standard InChI is InChI=1S/C18H20ClNO2S/c1-12-4-7-14(8-5-12)23(21,22)17-11-18(2,3)15-10-13(19)6-9-16(15)20-17/h4-10,17,20H,11H2,1-3H3. The molecule has 1 unspecified atom stereocenters. The van der Waals surface area contributed by atoms with Crippen LogP contribution < -0.4 is 5.32 Å². The molecule has 1 atom stereocenters. The van der Waals surface area contributed by atoms with Gasteiger partial charge in [-0.05, 0) is 54.7 Å². The molecule has 0 bridgehead atoms. The summed E-state index contributed by atoms with van der Waals surface area (Å²) in [4.78, 5) is 0.355. The van der Waals surface area contributed by atoms with E-state index in [1.807, 2.05) is 31.2 Å². The summed E-state index contributed by atoms with van der Waals surface area (Å²) >= 11 is 6.09. The molecule has 0 saturated carbocycles. The van der Waals surface area contributed by atoms with Gasteiger partial charge in [-0.3, -0.25) is 0 Å². The molecule has 2 aromatic rings. The highest BCUT2D eigenvalue weighted by Gasteiger charge is 2.39. The minimum absolute atomic E-state index is 0.270. The topological polar surface area (TPSA) is 46.2 Å². The lowest BCUT2D eigenvalue weighted by molar-refractivity contribution is 0.454. The van der Waals surface area contributed by atoms with Gasteiger partial charge in [0.15, 0.2) is 9.84 Å². The lowest BCUT2D eigenvalue weighted by Gasteiger charge is -2.38. The molecule has 5 heteroatoms. The molecule has 0 spiro atoms. The van der Waals surface area contributed by atoms with Crippen LogP contribution >= 0.6 is 11.6 Å². The van der Waals surface area contributed by atoms with E-state index in [1.54, 1.807) is 18.2 Å². The SMILES string of the molecule is Cc1ccc(S(=O)(=O)C2CC(C)(C)c3cc(Cl)ccc3N2)cc1. The maximum Gasteiger partial charge on any atom is 0.199 e. The third-order valence-corrected chi connectivity index (χ3v) is 6.64. The Labute approximate surface area is 142 Å². The van der Waals surface area contributed by atoms with Gasteiger partial charge in [0.05, 0.1) is 4.90 Å². The second-order valence-electron chi connectivity index (χ2n) is 6.77. The molecule has 1 heterocycles. The lowest BCUT2D eigenvalue weighted by atomic mass is 9.78. The summed E-state index contributed by atoms with van der Waals surface area (Å²) in [6.45, 7) is 6.06. The van der Waals surface area contributed by atoms with Gasteiger partial charge >= 0.3 is 0 Å². The van der Waals surface area contributed by atoms with Crippen molar-refractivity contribution < 1.29 is 8.42 Å². The van der Waals surface area contributed by atoms with Crippen molar-refractivity contribution >= 4 is 27.1 Å². The van der Waals surface area contributed by atoms with Crippen molar-refractivity contribution in [3.05, 3.63) is 58.6 Å². The first-order valence-electron chi connectivity index (χ1n) is 7.57. The number of hydrogen-bond acceptors (Lipinski definition) is 3. The molecule has 0 saturated heterocycles. The zero-order valence-electron chi connectivity index (χ0n) is 13.4. The van der Waals surface area contributed by atoms with Crippen LogP contribution in [0, 0.1) is 6.92 Å². The van der Waals surface area contributed by atoms with Gasteiger partial charge in [-0.1, -0.05) is 43.1 Å². The van der Waals surface area contributed by atoms with E-state index in [0.717, 1.165) is 16.8 Å². The third kappa shape index (κ3) is 2.98. The van der Waals surface area contributed by atoms with E-state index >= 15 is 0 Å². The van der Waals surface area contributed by atoms with Crippen molar-refractivity contribution in [3.8, 4) is 0 Å². The minimum atomic E-state index is -3.45. The lowest BCUT2D eigenvalue weighted by Crippen LogP contribution is -2.41. The number of hydrogen-bond donors (Lipinski definition) is 1. The van der Waals surface area contributed by atoms with Gasteiger partial charge in [0, 0.05) is 10.7 Å². The van der Waals surface area contributed by atoms with E-state index in [9.17, 15) is 8.42 Å².